The van der Waals surface area contributed by atoms with E-state index in [-0.39, 0.29) is 17.9 Å². The van der Waals surface area contributed by atoms with Gasteiger partial charge in [-0.15, -0.1) is 0 Å². The third-order valence-electron chi connectivity index (χ3n) is 4.05. The van der Waals surface area contributed by atoms with E-state index in [1.807, 2.05) is 39.0 Å². The van der Waals surface area contributed by atoms with Crippen LogP contribution in [0, 0.1) is 12.3 Å². The predicted molar refractivity (Wildman–Crippen MR) is 87.1 cm³/mol. The summed E-state index contributed by atoms with van der Waals surface area (Å²) in [6, 6.07) is 5.76. The van der Waals surface area contributed by atoms with Crippen LogP contribution in [-0.2, 0) is 9.59 Å². The Hall–Kier alpha value is -1.36. The van der Waals surface area contributed by atoms with E-state index in [4.69, 9.17) is 0 Å². The number of hydrogen-bond donors (Lipinski definition) is 2. The van der Waals surface area contributed by atoms with Gasteiger partial charge in [-0.2, -0.15) is 0 Å². The fourth-order valence-corrected chi connectivity index (χ4v) is 2.63. The van der Waals surface area contributed by atoms with Crippen LogP contribution in [0.2, 0.25) is 0 Å². The highest BCUT2D eigenvalue weighted by Crippen LogP contribution is 2.47. The van der Waals surface area contributed by atoms with Crippen LogP contribution in [0.15, 0.2) is 22.7 Å². The average Bonchev–Trinajstić information content (AvgIpc) is 3.23. The van der Waals surface area contributed by atoms with Gasteiger partial charge in [0, 0.05) is 16.2 Å². The molecule has 0 spiro atoms. The first-order valence-electron chi connectivity index (χ1n) is 7.27. The van der Waals surface area contributed by atoms with Crippen LogP contribution in [0.1, 0.15) is 38.7 Å². The number of nitrogens with one attached hydrogen (secondary N) is 2. The summed E-state index contributed by atoms with van der Waals surface area (Å²) in [5.74, 6) is -0.349. The SMILES string of the molecule is CCC(C)NC(=O)C1(C(=O)Nc2ccc(Br)cc2C)CC1. The Bertz CT molecular complexity index is 567. The molecule has 1 unspecified atom stereocenters. The van der Waals surface area contributed by atoms with Gasteiger partial charge >= 0.3 is 0 Å². The van der Waals surface area contributed by atoms with Gasteiger partial charge < -0.3 is 10.6 Å². The molecule has 0 aromatic heterocycles. The van der Waals surface area contributed by atoms with E-state index < -0.39 is 5.41 Å². The molecule has 1 aromatic rings. The van der Waals surface area contributed by atoms with Crippen molar-refractivity contribution in [3.05, 3.63) is 28.2 Å². The van der Waals surface area contributed by atoms with Crippen LogP contribution in [0.3, 0.4) is 0 Å². The second-order valence-corrected chi connectivity index (χ2v) is 6.69. The van der Waals surface area contributed by atoms with E-state index >= 15 is 0 Å². The molecule has 0 saturated heterocycles. The minimum Gasteiger partial charge on any atom is -0.353 e. The maximum Gasteiger partial charge on any atom is 0.240 e. The van der Waals surface area contributed by atoms with Gasteiger partial charge in [0.15, 0.2) is 0 Å². The smallest absolute Gasteiger partial charge is 0.240 e. The molecule has 0 bridgehead atoms. The fraction of sp³-hybridized carbons (Fsp3) is 0.500. The van der Waals surface area contributed by atoms with Crippen molar-refractivity contribution < 1.29 is 9.59 Å². The van der Waals surface area contributed by atoms with Crippen molar-refractivity contribution in [2.24, 2.45) is 5.41 Å². The number of carbonyl (C=O) groups excluding carboxylic acids is 2. The Morgan fingerprint density at radius 2 is 2.00 bits per heavy atom. The van der Waals surface area contributed by atoms with Crippen molar-refractivity contribution in [2.75, 3.05) is 5.32 Å². The Kier molecular flexibility index (Phi) is 4.71. The number of aryl methyl sites for hydroxylation is 1. The number of amides is 2. The highest BCUT2D eigenvalue weighted by atomic mass is 79.9. The lowest BCUT2D eigenvalue weighted by atomic mass is 10.0. The van der Waals surface area contributed by atoms with Gasteiger partial charge in [-0.05, 0) is 56.9 Å². The summed E-state index contributed by atoms with van der Waals surface area (Å²) in [6.07, 6.45) is 2.10. The van der Waals surface area contributed by atoms with Crippen molar-refractivity contribution in [3.8, 4) is 0 Å². The summed E-state index contributed by atoms with van der Waals surface area (Å²) in [5, 5.41) is 5.81. The first kappa shape index (κ1) is 16.0. The van der Waals surface area contributed by atoms with E-state index in [0.29, 0.717) is 12.8 Å². The number of rotatable bonds is 5. The zero-order valence-corrected chi connectivity index (χ0v) is 14.2. The number of carbonyl (C=O) groups is 2. The van der Waals surface area contributed by atoms with Crippen LogP contribution in [0.25, 0.3) is 0 Å². The third kappa shape index (κ3) is 3.46. The predicted octanol–water partition coefficient (Wildman–Crippen LogP) is 3.39. The van der Waals surface area contributed by atoms with Crippen LogP contribution in [0.5, 0.6) is 0 Å². The molecule has 21 heavy (non-hydrogen) atoms. The molecule has 2 amide bonds. The van der Waals surface area contributed by atoms with Crippen LogP contribution < -0.4 is 10.6 Å². The molecule has 2 N–H and O–H groups in total. The quantitative estimate of drug-likeness (QED) is 0.798. The number of hydrogen-bond acceptors (Lipinski definition) is 2. The Labute approximate surface area is 133 Å². The highest BCUT2D eigenvalue weighted by molar-refractivity contribution is 9.10. The van der Waals surface area contributed by atoms with E-state index in [9.17, 15) is 9.59 Å². The zero-order valence-electron chi connectivity index (χ0n) is 12.6. The lowest BCUT2D eigenvalue weighted by molar-refractivity contribution is -0.134. The Morgan fingerprint density at radius 1 is 1.33 bits per heavy atom. The second kappa shape index (κ2) is 6.18. The van der Waals surface area contributed by atoms with Crippen molar-refractivity contribution in [3.63, 3.8) is 0 Å². The molecular weight excluding hydrogens is 332 g/mol. The van der Waals surface area contributed by atoms with Gasteiger partial charge in [-0.25, -0.2) is 0 Å². The largest absolute Gasteiger partial charge is 0.353 e. The summed E-state index contributed by atoms with van der Waals surface area (Å²) < 4.78 is 0.966. The monoisotopic (exact) mass is 352 g/mol. The molecule has 0 aliphatic heterocycles. The molecule has 1 aliphatic rings. The van der Waals surface area contributed by atoms with Crippen molar-refractivity contribution in [2.45, 2.75) is 46.1 Å². The molecule has 4 nitrogen and oxygen atoms in total. The average molecular weight is 353 g/mol. The topological polar surface area (TPSA) is 58.2 Å². The minimum atomic E-state index is -0.872. The normalized spacial score (nSPS) is 17.0. The summed E-state index contributed by atoms with van der Waals surface area (Å²) in [6.45, 7) is 5.89. The molecule has 1 atom stereocenters. The number of benzene rings is 1. The lowest BCUT2D eigenvalue weighted by Crippen LogP contribution is -2.43. The van der Waals surface area contributed by atoms with Crippen molar-refractivity contribution >= 4 is 33.4 Å². The fourth-order valence-electron chi connectivity index (χ4n) is 2.16. The standard InChI is InChI=1S/C16H21BrN2O2/c1-4-11(3)18-14(20)16(7-8-16)15(21)19-13-6-5-12(17)9-10(13)2/h5-6,9,11H,4,7-8H2,1-3H3,(H,18,20)(H,19,21). The van der Waals surface area contributed by atoms with Gasteiger partial charge in [0.05, 0.1) is 0 Å². The first-order chi connectivity index (χ1) is 9.89. The van der Waals surface area contributed by atoms with E-state index in [1.54, 1.807) is 0 Å². The molecule has 1 aliphatic carbocycles. The second-order valence-electron chi connectivity index (χ2n) is 5.78. The highest BCUT2D eigenvalue weighted by Gasteiger charge is 2.56. The molecule has 1 fully saturated rings. The van der Waals surface area contributed by atoms with E-state index in [1.165, 1.54) is 0 Å². The molecule has 0 heterocycles. The van der Waals surface area contributed by atoms with Gasteiger partial charge in [-0.3, -0.25) is 9.59 Å². The maximum atomic E-state index is 12.5. The van der Waals surface area contributed by atoms with Crippen LogP contribution in [-0.4, -0.2) is 17.9 Å². The molecule has 0 radical (unpaired) electrons. The third-order valence-corrected chi connectivity index (χ3v) is 4.54. The Balaban J connectivity index is 2.07. The summed E-state index contributed by atoms with van der Waals surface area (Å²) >= 11 is 3.40. The van der Waals surface area contributed by atoms with Crippen molar-refractivity contribution in [1.29, 1.82) is 0 Å². The maximum absolute atomic E-state index is 12.5. The van der Waals surface area contributed by atoms with Crippen LogP contribution >= 0.6 is 15.9 Å². The van der Waals surface area contributed by atoms with E-state index in [2.05, 4.69) is 26.6 Å². The summed E-state index contributed by atoms with van der Waals surface area (Å²) in [7, 11) is 0. The zero-order chi connectivity index (χ0) is 15.6. The molecule has 1 saturated carbocycles. The van der Waals surface area contributed by atoms with Gasteiger partial charge in [0.1, 0.15) is 5.41 Å². The Morgan fingerprint density at radius 3 is 2.52 bits per heavy atom. The first-order valence-corrected chi connectivity index (χ1v) is 8.07. The molecule has 2 rings (SSSR count). The minimum absolute atomic E-state index is 0.0946. The summed E-state index contributed by atoms with van der Waals surface area (Å²) in [5.41, 5.74) is 0.852. The summed E-state index contributed by atoms with van der Waals surface area (Å²) in [4.78, 5) is 24.7. The molecule has 5 heteroatoms. The van der Waals surface area contributed by atoms with Gasteiger partial charge in [0.25, 0.3) is 0 Å². The van der Waals surface area contributed by atoms with Gasteiger partial charge in [0.2, 0.25) is 11.8 Å². The van der Waals surface area contributed by atoms with Crippen molar-refractivity contribution in [1.82, 2.24) is 5.32 Å². The van der Waals surface area contributed by atoms with E-state index in [0.717, 1.165) is 22.1 Å². The number of anilines is 1. The van der Waals surface area contributed by atoms with Crippen LogP contribution in [0.4, 0.5) is 5.69 Å². The van der Waals surface area contributed by atoms with Gasteiger partial charge in [-0.1, -0.05) is 22.9 Å². The molecule has 1 aromatic carbocycles. The molecular formula is C16H21BrN2O2. The number of halogens is 1. The molecule has 114 valence electrons. The lowest BCUT2D eigenvalue weighted by Gasteiger charge is -2.19.